The second-order valence-electron chi connectivity index (χ2n) is 9.95. The molecule has 1 saturated carbocycles. The van der Waals surface area contributed by atoms with Gasteiger partial charge < -0.3 is 14.9 Å². The van der Waals surface area contributed by atoms with Gasteiger partial charge in [-0.25, -0.2) is 9.37 Å². The molecule has 5 rings (SSSR count). The number of nitrogens with zero attached hydrogens (tertiary/aromatic N) is 5. The molecule has 38 heavy (non-hydrogen) atoms. The van der Waals surface area contributed by atoms with Crippen molar-refractivity contribution in [2.75, 3.05) is 50.1 Å². The molecular weight excluding hydrogens is 505 g/mol. The summed E-state index contributed by atoms with van der Waals surface area (Å²) in [6.45, 7) is 3.80. The number of anilines is 2. The van der Waals surface area contributed by atoms with E-state index in [0.717, 1.165) is 38.0 Å². The van der Waals surface area contributed by atoms with Gasteiger partial charge in [0.05, 0.1) is 10.7 Å². The maximum atomic E-state index is 14.9. The van der Waals surface area contributed by atoms with Gasteiger partial charge in [-0.2, -0.15) is 0 Å². The Kier molecular flexibility index (Phi) is 7.53. The molecule has 0 unspecified atom stereocenters. The second-order valence-corrected chi connectivity index (χ2v) is 10.4. The first-order valence-electron chi connectivity index (χ1n) is 12.7. The van der Waals surface area contributed by atoms with Crippen LogP contribution in [0.1, 0.15) is 12.8 Å². The lowest BCUT2D eigenvalue weighted by Gasteiger charge is -2.35. The van der Waals surface area contributed by atoms with Crippen LogP contribution in [0.25, 0.3) is 22.3 Å². The zero-order chi connectivity index (χ0) is 26.8. The Labute approximate surface area is 227 Å². The molecule has 2 aromatic carbocycles. The third kappa shape index (κ3) is 5.61. The smallest absolute Gasteiger partial charge is 0.218 e. The minimum atomic E-state index is -0.479. The predicted octanol–water partition coefficient (Wildman–Crippen LogP) is 5.19. The van der Waals surface area contributed by atoms with Crippen molar-refractivity contribution >= 4 is 29.5 Å². The monoisotopic (exact) mass is 535 g/mol. The summed E-state index contributed by atoms with van der Waals surface area (Å²) in [5, 5.41) is 11.5. The molecule has 198 valence electrons. The number of piperazine rings is 1. The lowest BCUT2D eigenvalue weighted by molar-refractivity contribution is -0.106. The highest BCUT2D eigenvalue weighted by Gasteiger charge is 2.31. The number of halogens is 2. The molecule has 2 heterocycles. The zero-order valence-electron chi connectivity index (χ0n) is 21.5. The average molecular weight is 536 g/mol. The van der Waals surface area contributed by atoms with E-state index < -0.39 is 5.82 Å². The van der Waals surface area contributed by atoms with Gasteiger partial charge in [-0.3, -0.25) is 14.6 Å². The molecule has 7 nitrogen and oxygen atoms in total. The standard InChI is InChI=1S/C29H31ClFN5O2/c1-33(2)9-10-36(19-37)27-6-3-20(15-26(27)30)24-17-22(31)18-25(29(24)38)21-7-8-32-28(16-21)35-13-11-34(12-14-35)23-4-5-23/h3,6-10,15-19,23,38H,4-5,11-14H2,1-2H3/b10-9-. The number of rotatable bonds is 8. The first-order valence-corrected chi connectivity index (χ1v) is 13.1. The first kappa shape index (κ1) is 26.0. The van der Waals surface area contributed by atoms with Crippen molar-refractivity contribution < 1.29 is 14.3 Å². The van der Waals surface area contributed by atoms with Crippen molar-refractivity contribution in [3.63, 3.8) is 0 Å². The van der Waals surface area contributed by atoms with E-state index in [4.69, 9.17) is 11.6 Å². The number of phenols is 1. The Balaban J connectivity index is 1.43. The molecule has 2 fully saturated rings. The van der Waals surface area contributed by atoms with Crippen LogP contribution in [0.2, 0.25) is 5.02 Å². The number of carbonyl (C=O) groups is 1. The van der Waals surface area contributed by atoms with Crippen LogP contribution >= 0.6 is 11.6 Å². The number of phenolic OH excluding ortho intramolecular Hbond substituents is 1. The van der Waals surface area contributed by atoms with Crippen molar-refractivity contribution in [2.45, 2.75) is 18.9 Å². The molecule has 1 amide bonds. The molecule has 3 aromatic rings. The Morgan fingerprint density at radius 2 is 1.68 bits per heavy atom. The summed E-state index contributed by atoms with van der Waals surface area (Å²) >= 11 is 6.52. The minimum Gasteiger partial charge on any atom is -0.507 e. The summed E-state index contributed by atoms with van der Waals surface area (Å²) in [5.74, 6) is 0.286. The normalized spacial score (nSPS) is 16.2. The summed E-state index contributed by atoms with van der Waals surface area (Å²) in [7, 11) is 3.69. The van der Waals surface area contributed by atoms with Crippen LogP contribution in [-0.4, -0.2) is 72.6 Å². The molecule has 0 atom stereocenters. The van der Waals surface area contributed by atoms with Crippen LogP contribution < -0.4 is 9.80 Å². The number of aromatic nitrogens is 1. The molecule has 2 aliphatic rings. The number of benzene rings is 2. The summed E-state index contributed by atoms with van der Waals surface area (Å²) in [6, 6.07) is 12.0. The van der Waals surface area contributed by atoms with Gasteiger partial charge in [-0.15, -0.1) is 0 Å². The second kappa shape index (κ2) is 11.0. The summed E-state index contributed by atoms with van der Waals surface area (Å²) in [6.07, 6.45) is 8.27. The molecule has 1 aliphatic carbocycles. The third-order valence-electron chi connectivity index (χ3n) is 7.01. The van der Waals surface area contributed by atoms with Gasteiger partial charge in [0.1, 0.15) is 17.4 Å². The zero-order valence-corrected chi connectivity index (χ0v) is 22.3. The van der Waals surface area contributed by atoms with Crippen molar-refractivity contribution in [2.24, 2.45) is 0 Å². The van der Waals surface area contributed by atoms with E-state index in [-0.39, 0.29) is 5.75 Å². The summed E-state index contributed by atoms with van der Waals surface area (Å²) < 4.78 is 14.9. The van der Waals surface area contributed by atoms with Crippen molar-refractivity contribution in [1.29, 1.82) is 0 Å². The Morgan fingerprint density at radius 3 is 2.29 bits per heavy atom. The van der Waals surface area contributed by atoms with Crippen molar-refractivity contribution in [3.05, 3.63) is 71.9 Å². The van der Waals surface area contributed by atoms with E-state index in [1.807, 2.05) is 20.2 Å². The number of amides is 1. The Bertz CT molecular complexity index is 1350. The lowest BCUT2D eigenvalue weighted by atomic mass is 9.97. The van der Waals surface area contributed by atoms with Crippen LogP contribution in [0.5, 0.6) is 5.75 Å². The fourth-order valence-electron chi connectivity index (χ4n) is 4.82. The van der Waals surface area contributed by atoms with E-state index in [9.17, 15) is 14.3 Å². The number of hydrogen-bond acceptors (Lipinski definition) is 6. The van der Waals surface area contributed by atoms with Crippen LogP contribution in [0.4, 0.5) is 15.9 Å². The number of aromatic hydroxyl groups is 1. The molecular formula is C29H31ClFN5O2. The maximum Gasteiger partial charge on any atom is 0.218 e. The molecule has 1 aromatic heterocycles. The third-order valence-corrected chi connectivity index (χ3v) is 7.31. The highest BCUT2D eigenvalue weighted by molar-refractivity contribution is 6.34. The highest BCUT2D eigenvalue weighted by atomic mass is 35.5. The fourth-order valence-corrected chi connectivity index (χ4v) is 5.09. The Morgan fingerprint density at radius 1 is 1.00 bits per heavy atom. The molecule has 0 spiro atoms. The van der Waals surface area contributed by atoms with Crippen LogP contribution in [0, 0.1) is 5.82 Å². The number of carbonyl (C=O) groups excluding carboxylic acids is 1. The van der Waals surface area contributed by atoms with Gasteiger partial charge in [0.15, 0.2) is 0 Å². The molecule has 1 saturated heterocycles. The topological polar surface area (TPSA) is 63.2 Å². The van der Waals surface area contributed by atoms with Crippen LogP contribution in [0.15, 0.2) is 61.1 Å². The number of hydrogen-bond donors (Lipinski definition) is 1. The van der Waals surface area contributed by atoms with Gasteiger partial charge in [0, 0.05) is 76.0 Å². The van der Waals surface area contributed by atoms with Gasteiger partial charge in [0.2, 0.25) is 6.41 Å². The predicted molar refractivity (Wildman–Crippen MR) is 150 cm³/mol. The maximum absolute atomic E-state index is 14.9. The van der Waals surface area contributed by atoms with Crippen molar-refractivity contribution in [1.82, 2.24) is 14.8 Å². The van der Waals surface area contributed by atoms with Crippen LogP contribution in [-0.2, 0) is 4.79 Å². The van der Waals surface area contributed by atoms with E-state index in [1.54, 1.807) is 47.8 Å². The summed E-state index contributed by atoms with van der Waals surface area (Å²) in [4.78, 5) is 24.1. The Hall–Kier alpha value is -3.62. The largest absolute Gasteiger partial charge is 0.507 e. The van der Waals surface area contributed by atoms with Gasteiger partial charge >= 0.3 is 0 Å². The molecule has 0 bridgehead atoms. The lowest BCUT2D eigenvalue weighted by Crippen LogP contribution is -2.47. The average Bonchev–Trinajstić information content (AvgIpc) is 3.77. The van der Waals surface area contributed by atoms with Crippen LogP contribution in [0.3, 0.4) is 0 Å². The van der Waals surface area contributed by atoms with E-state index >= 15 is 0 Å². The molecule has 9 heteroatoms. The van der Waals surface area contributed by atoms with Gasteiger partial charge in [0.25, 0.3) is 0 Å². The minimum absolute atomic E-state index is 0.0503. The SMILES string of the molecule is CN(C)/C=C\N(C=O)c1ccc(-c2cc(F)cc(-c3ccnc(N4CCN(C5CC5)CC4)c3)c2O)cc1Cl. The highest BCUT2D eigenvalue weighted by Crippen LogP contribution is 2.41. The molecule has 1 aliphatic heterocycles. The van der Waals surface area contributed by atoms with E-state index in [0.29, 0.717) is 39.4 Å². The van der Waals surface area contributed by atoms with Crippen molar-refractivity contribution in [3.8, 4) is 28.0 Å². The van der Waals surface area contributed by atoms with E-state index in [1.165, 1.54) is 29.9 Å². The quantitative estimate of drug-likeness (QED) is 0.400. The van der Waals surface area contributed by atoms with Gasteiger partial charge in [-0.1, -0.05) is 17.7 Å². The number of pyridine rings is 1. The fraction of sp³-hybridized carbons (Fsp3) is 0.310. The van der Waals surface area contributed by atoms with E-state index in [2.05, 4.69) is 14.8 Å². The molecule has 0 radical (unpaired) electrons. The summed E-state index contributed by atoms with van der Waals surface area (Å²) in [5.41, 5.74) is 2.38. The first-order chi connectivity index (χ1) is 18.3. The van der Waals surface area contributed by atoms with Gasteiger partial charge in [-0.05, 0) is 60.4 Å². The molecule has 1 N–H and O–H groups in total.